The average molecular weight is 214 g/mol. The van der Waals surface area contributed by atoms with Gasteiger partial charge < -0.3 is 16.4 Å². The SMILES string of the molecule is CC(C)C(NC(=O)NC(C)(C)C)C(=N)N. The fourth-order valence-corrected chi connectivity index (χ4v) is 1.12. The van der Waals surface area contributed by atoms with Crippen LogP contribution in [-0.4, -0.2) is 23.4 Å². The first-order chi connectivity index (χ1) is 6.63. The lowest BCUT2D eigenvalue weighted by molar-refractivity contribution is 0.228. The minimum absolute atomic E-state index is 0.0194. The highest BCUT2D eigenvalue weighted by atomic mass is 16.2. The van der Waals surface area contributed by atoms with Crippen molar-refractivity contribution in [3.63, 3.8) is 0 Å². The molecule has 0 aromatic carbocycles. The highest BCUT2D eigenvalue weighted by molar-refractivity contribution is 5.88. The van der Waals surface area contributed by atoms with Crippen molar-refractivity contribution in [3.05, 3.63) is 0 Å². The largest absolute Gasteiger partial charge is 0.386 e. The molecule has 1 atom stereocenters. The first-order valence-corrected chi connectivity index (χ1v) is 5.06. The average Bonchev–Trinajstić information content (AvgIpc) is 1.95. The zero-order valence-corrected chi connectivity index (χ0v) is 10.1. The molecule has 5 N–H and O–H groups in total. The monoisotopic (exact) mass is 214 g/mol. The van der Waals surface area contributed by atoms with Crippen LogP contribution in [0.15, 0.2) is 0 Å². The van der Waals surface area contributed by atoms with Crippen LogP contribution in [-0.2, 0) is 0 Å². The number of nitrogens with one attached hydrogen (secondary N) is 3. The summed E-state index contributed by atoms with van der Waals surface area (Å²) in [6.07, 6.45) is 0. The molecule has 0 fully saturated rings. The smallest absolute Gasteiger partial charge is 0.315 e. The molecule has 0 saturated heterocycles. The van der Waals surface area contributed by atoms with Crippen LogP contribution in [0.3, 0.4) is 0 Å². The van der Waals surface area contributed by atoms with Crippen molar-refractivity contribution in [3.8, 4) is 0 Å². The molecule has 0 aliphatic heterocycles. The maximum absolute atomic E-state index is 11.5. The Morgan fingerprint density at radius 2 is 1.80 bits per heavy atom. The molecule has 0 aliphatic carbocycles. The quantitative estimate of drug-likeness (QED) is 0.417. The Labute approximate surface area is 91.3 Å². The molecule has 0 spiro atoms. The topological polar surface area (TPSA) is 91.0 Å². The Hall–Kier alpha value is -1.26. The lowest BCUT2D eigenvalue weighted by atomic mass is 10.0. The fourth-order valence-electron chi connectivity index (χ4n) is 1.12. The molecule has 0 rings (SSSR count). The molecule has 0 bridgehead atoms. The Morgan fingerprint density at radius 1 is 1.33 bits per heavy atom. The predicted octanol–water partition coefficient (Wildman–Crippen LogP) is 1.04. The number of amides is 2. The Balaban J connectivity index is 4.31. The van der Waals surface area contributed by atoms with Crippen LogP contribution in [0.4, 0.5) is 4.79 Å². The summed E-state index contributed by atoms with van der Waals surface area (Å²) in [6, 6.07) is -0.705. The Kier molecular flexibility index (Phi) is 4.58. The van der Waals surface area contributed by atoms with E-state index >= 15 is 0 Å². The van der Waals surface area contributed by atoms with Gasteiger partial charge in [-0.05, 0) is 26.7 Å². The van der Waals surface area contributed by atoms with Crippen molar-refractivity contribution >= 4 is 11.9 Å². The van der Waals surface area contributed by atoms with Crippen LogP contribution in [0.1, 0.15) is 34.6 Å². The maximum Gasteiger partial charge on any atom is 0.315 e. The summed E-state index contributed by atoms with van der Waals surface area (Å²) in [4.78, 5) is 11.5. The molecule has 0 saturated carbocycles. The third-order valence-corrected chi connectivity index (χ3v) is 1.78. The van der Waals surface area contributed by atoms with E-state index in [0.717, 1.165) is 0 Å². The van der Waals surface area contributed by atoms with E-state index in [1.54, 1.807) is 0 Å². The lowest BCUT2D eigenvalue weighted by Gasteiger charge is -2.25. The highest BCUT2D eigenvalue weighted by Gasteiger charge is 2.21. The van der Waals surface area contributed by atoms with E-state index < -0.39 is 6.04 Å². The number of hydrogen-bond donors (Lipinski definition) is 4. The molecule has 15 heavy (non-hydrogen) atoms. The maximum atomic E-state index is 11.5. The molecule has 0 radical (unpaired) electrons. The second-order valence-electron chi connectivity index (χ2n) is 5.03. The molecule has 0 aromatic rings. The first-order valence-electron chi connectivity index (χ1n) is 5.06. The lowest BCUT2D eigenvalue weighted by Crippen LogP contribution is -2.54. The van der Waals surface area contributed by atoms with Crippen molar-refractivity contribution in [2.75, 3.05) is 0 Å². The normalized spacial score (nSPS) is 13.5. The molecule has 0 aliphatic rings. The molecule has 0 aromatic heterocycles. The zero-order valence-electron chi connectivity index (χ0n) is 10.1. The molecular formula is C10H22N4O. The van der Waals surface area contributed by atoms with E-state index in [9.17, 15) is 4.79 Å². The van der Waals surface area contributed by atoms with Gasteiger partial charge in [0.25, 0.3) is 0 Å². The second kappa shape index (κ2) is 5.00. The van der Waals surface area contributed by atoms with Gasteiger partial charge in [0.15, 0.2) is 0 Å². The molecule has 0 heterocycles. The predicted molar refractivity (Wildman–Crippen MR) is 62.0 cm³/mol. The molecule has 2 amide bonds. The van der Waals surface area contributed by atoms with Crippen molar-refractivity contribution in [2.24, 2.45) is 11.7 Å². The third-order valence-electron chi connectivity index (χ3n) is 1.78. The number of rotatable bonds is 3. The first kappa shape index (κ1) is 13.7. The summed E-state index contributed by atoms with van der Waals surface area (Å²) in [6.45, 7) is 9.49. The van der Waals surface area contributed by atoms with E-state index in [-0.39, 0.29) is 23.3 Å². The molecule has 5 nitrogen and oxygen atoms in total. The van der Waals surface area contributed by atoms with E-state index in [4.69, 9.17) is 11.1 Å². The van der Waals surface area contributed by atoms with Crippen LogP contribution in [0.25, 0.3) is 0 Å². The summed E-state index contributed by atoms with van der Waals surface area (Å²) in [5.74, 6) is 0.0854. The van der Waals surface area contributed by atoms with E-state index in [1.165, 1.54) is 0 Å². The molecule has 88 valence electrons. The van der Waals surface area contributed by atoms with Crippen molar-refractivity contribution in [1.82, 2.24) is 10.6 Å². The fraction of sp³-hybridized carbons (Fsp3) is 0.800. The zero-order chi connectivity index (χ0) is 12.2. The van der Waals surface area contributed by atoms with Crippen LogP contribution >= 0.6 is 0 Å². The van der Waals surface area contributed by atoms with E-state index in [0.29, 0.717) is 0 Å². The van der Waals surface area contributed by atoms with Crippen LogP contribution in [0.2, 0.25) is 0 Å². The van der Waals surface area contributed by atoms with E-state index in [2.05, 4.69) is 10.6 Å². The number of carbonyl (C=O) groups is 1. The third kappa shape index (κ3) is 5.93. The van der Waals surface area contributed by atoms with Gasteiger partial charge in [0.2, 0.25) is 0 Å². The number of nitrogens with two attached hydrogens (primary N) is 1. The van der Waals surface area contributed by atoms with Gasteiger partial charge in [-0.25, -0.2) is 4.79 Å². The van der Waals surface area contributed by atoms with Crippen LogP contribution in [0, 0.1) is 11.3 Å². The Morgan fingerprint density at radius 3 is 2.07 bits per heavy atom. The van der Waals surface area contributed by atoms with Gasteiger partial charge in [-0.2, -0.15) is 0 Å². The van der Waals surface area contributed by atoms with E-state index in [1.807, 2.05) is 34.6 Å². The highest BCUT2D eigenvalue weighted by Crippen LogP contribution is 2.02. The van der Waals surface area contributed by atoms with Crippen LogP contribution in [0.5, 0.6) is 0 Å². The van der Waals surface area contributed by atoms with Gasteiger partial charge in [0.1, 0.15) is 5.84 Å². The van der Waals surface area contributed by atoms with Gasteiger partial charge >= 0.3 is 6.03 Å². The van der Waals surface area contributed by atoms with Crippen molar-refractivity contribution in [2.45, 2.75) is 46.2 Å². The molecule has 1 unspecified atom stereocenters. The van der Waals surface area contributed by atoms with Gasteiger partial charge in [-0.15, -0.1) is 0 Å². The van der Waals surface area contributed by atoms with Gasteiger partial charge in [-0.1, -0.05) is 13.8 Å². The molecular weight excluding hydrogens is 192 g/mol. The molecule has 5 heteroatoms. The summed E-state index contributed by atoms with van der Waals surface area (Å²) in [7, 11) is 0. The van der Waals surface area contributed by atoms with Crippen molar-refractivity contribution in [1.29, 1.82) is 5.41 Å². The van der Waals surface area contributed by atoms with Gasteiger partial charge in [-0.3, -0.25) is 5.41 Å². The number of amidine groups is 1. The summed E-state index contributed by atoms with van der Waals surface area (Å²) < 4.78 is 0. The Bertz CT molecular complexity index is 242. The van der Waals surface area contributed by atoms with Crippen molar-refractivity contribution < 1.29 is 4.79 Å². The summed E-state index contributed by atoms with van der Waals surface area (Å²) in [5.41, 5.74) is 5.10. The minimum atomic E-state index is -0.410. The second-order valence-corrected chi connectivity index (χ2v) is 5.03. The summed E-state index contributed by atoms with van der Waals surface area (Å²) in [5, 5.41) is 12.8. The minimum Gasteiger partial charge on any atom is -0.386 e. The standard InChI is InChI=1S/C10H22N4O/c1-6(2)7(8(11)12)13-9(15)14-10(3,4)5/h6-7H,1-5H3,(H3,11,12)(H2,13,14,15). The van der Waals surface area contributed by atoms with Gasteiger partial charge in [0, 0.05) is 5.54 Å². The van der Waals surface area contributed by atoms with Gasteiger partial charge in [0.05, 0.1) is 6.04 Å². The van der Waals surface area contributed by atoms with Crippen LogP contribution < -0.4 is 16.4 Å². The number of hydrogen-bond acceptors (Lipinski definition) is 2. The number of urea groups is 1. The summed E-state index contributed by atoms with van der Waals surface area (Å²) >= 11 is 0. The number of carbonyl (C=O) groups excluding carboxylic acids is 1.